The number of ether oxygens (including phenoxy) is 1. The van der Waals surface area contributed by atoms with Crippen LogP contribution in [-0.2, 0) is 14.8 Å². The van der Waals surface area contributed by atoms with Crippen molar-refractivity contribution < 1.29 is 17.9 Å². The maximum Gasteiger partial charge on any atom is 0.248 e. The number of carbonyl (C=O) groups is 1. The summed E-state index contributed by atoms with van der Waals surface area (Å²) in [5, 5.41) is 3.46. The number of methoxy groups -OCH3 is 1. The van der Waals surface area contributed by atoms with Gasteiger partial charge < -0.3 is 10.1 Å². The van der Waals surface area contributed by atoms with Crippen LogP contribution >= 0.6 is 23.2 Å². The molecule has 1 N–H and O–H groups in total. The van der Waals surface area contributed by atoms with Gasteiger partial charge in [0.15, 0.2) is 0 Å². The summed E-state index contributed by atoms with van der Waals surface area (Å²) in [6.45, 7) is 3.26. The summed E-state index contributed by atoms with van der Waals surface area (Å²) in [6.07, 6.45) is 1.03. The van der Waals surface area contributed by atoms with E-state index in [9.17, 15) is 13.2 Å². The monoisotopic (exact) mass is 430 g/mol. The number of halogens is 2. The summed E-state index contributed by atoms with van der Waals surface area (Å²) in [7, 11) is -2.31. The number of anilines is 2. The van der Waals surface area contributed by atoms with Crippen LogP contribution in [0, 0.1) is 6.92 Å². The molecule has 0 aliphatic carbocycles. The standard InChI is InChI=1S/C18H20Cl2N2O4S/c1-11-14(19)6-5-7-16(11)21-18(23)12(2)22(27(4,24)25)13-8-9-17(26-3)15(20)10-13/h5-10,12H,1-4H3,(H,21,23)/t12-/m1/s1. The summed E-state index contributed by atoms with van der Waals surface area (Å²) >= 11 is 12.2. The second-order valence-electron chi connectivity index (χ2n) is 5.96. The van der Waals surface area contributed by atoms with Crippen LogP contribution in [0.4, 0.5) is 11.4 Å². The smallest absolute Gasteiger partial charge is 0.248 e. The fourth-order valence-electron chi connectivity index (χ4n) is 2.58. The highest BCUT2D eigenvalue weighted by Gasteiger charge is 2.30. The van der Waals surface area contributed by atoms with E-state index >= 15 is 0 Å². The molecule has 2 aromatic carbocycles. The zero-order valence-electron chi connectivity index (χ0n) is 15.3. The summed E-state index contributed by atoms with van der Waals surface area (Å²) in [4.78, 5) is 12.7. The average molecular weight is 431 g/mol. The van der Waals surface area contributed by atoms with Gasteiger partial charge in [0.2, 0.25) is 15.9 Å². The number of nitrogens with zero attached hydrogens (tertiary/aromatic N) is 1. The van der Waals surface area contributed by atoms with Gasteiger partial charge in [-0.3, -0.25) is 9.10 Å². The van der Waals surface area contributed by atoms with Gasteiger partial charge >= 0.3 is 0 Å². The van der Waals surface area contributed by atoms with Gasteiger partial charge in [0.1, 0.15) is 11.8 Å². The van der Waals surface area contributed by atoms with Crippen LogP contribution in [0.5, 0.6) is 5.75 Å². The van der Waals surface area contributed by atoms with E-state index in [1.165, 1.54) is 26.2 Å². The van der Waals surface area contributed by atoms with Crippen molar-refractivity contribution in [2.75, 3.05) is 23.0 Å². The van der Waals surface area contributed by atoms with Crippen molar-refractivity contribution in [3.63, 3.8) is 0 Å². The van der Waals surface area contributed by atoms with Crippen molar-refractivity contribution in [3.05, 3.63) is 52.0 Å². The Hall–Kier alpha value is -1.96. The summed E-state index contributed by atoms with van der Waals surface area (Å²) in [5.74, 6) is -0.0988. The Bertz CT molecular complexity index is 964. The van der Waals surface area contributed by atoms with Crippen LogP contribution in [0.15, 0.2) is 36.4 Å². The number of nitrogens with one attached hydrogen (secondary N) is 1. The van der Waals surface area contributed by atoms with E-state index < -0.39 is 22.0 Å². The number of sulfonamides is 1. The number of amides is 1. The van der Waals surface area contributed by atoms with Crippen molar-refractivity contribution in [1.82, 2.24) is 0 Å². The summed E-state index contributed by atoms with van der Waals surface area (Å²) in [6, 6.07) is 8.59. The van der Waals surface area contributed by atoms with Gasteiger partial charge in [-0.05, 0) is 49.7 Å². The first kappa shape index (κ1) is 21.3. The van der Waals surface area contributed by atoms with Crippen molar-refractivity contribution >= 4 is 50.5 Å². The molecular formula is C18H20Cl2N2O4S. The second-order valence-corrected chi connectivity index (χ2v) is 8.63. The molecule has 0 aliphatic heterocycles. The van der Waals surface area contributed by atoms with Gasteiger partial charge in [-0.1, -0.05) is 29.3 Å². The SMILES string of the molecule is COc1ccc(N([C@H](C)C(=O)Nc2cccc(Cl)c2C)S(C)(=O)=O)cc1Cl. The Balaban J connectivity index is 2.38. The van der Waals surface area contributed by atoms with E-state index in [1.807, 2.05) is 0 Å². The highest BCUT2D eigenvalue weighted by Crippen LogP contribution is 2.31. The Kier molecular flexibility index (Phi) is 6.62. The highest BCUT2D eigenvalue weighted by molar-refractivity contribution is 7.92. The Morgan fingerprint density at radius 1 is 1.19 bits per heavy atom. The lowest BCUT2D eigenvalue weighted by atomic mass is 10.2. The van der Waals surface area contributed by atoms with Gasteiger partial charge in [-0.25, -0.2) is 8.42 Å². The quantitative estimate of drug-likeness (QED) is 0.747. The topological polar surface area (TPSA) is 75.7 Å². The fourth-order valence-corrected chi connectivity index (χ4v) is 4.17. The van der Waals surface area contributed by atoms with E-state index in [0.29, 0.717) is 22.0 Å². The molecule has 2 aromatic rings. The molecule has 0 bridgehead atoms. The molecule has 27 heavy (non-hydrogen) atoms. The number of hydrogen-bond acceptors (Lipinski definition) is 4. The first-order valence-corrected chi connectivity index (χ1v) is 10.6. The predicted octanol–water partition coefficient (Wildman–Crippen LogP) is 4.10. The predicted molar refractivity (Wildman–Crippen MR) is 110 cm³/mol. The van der Waals surface area contributed by atoms with Gasteiger partial charge in [0.25, 0.3) is 0 Å². The van der Waals surface area contributed by atoms with Crippen molar-refractivity contribution in [2.45, 2.75) is 19.9 Å². The van der Waals surface area contributed by atoms with Crippen LogP contribution in [0.25, 0.3) is 0 Å². The minimum absolute atomic E-state index is 0.238. The molecule has 0 unspecified atom stereocenters. The lowest BCUT2D eigenvalue weighted by molar-refractivity contribution is -0.116. The molecular weight excluding hydrogens is 411 g/mol. The number of rotatable bonds is 6. The summed E-state index contributed by atoms with van der Waals surface area (Å²) in [5.41, 5.74) is 1.47. The molecule has 0 saturated carbocycles. The Morgan fingerprint density at radius 3 is 2.41 bits per heavy atom. The van der Waals surface area contributed by atoms with Crippen molar-refractivity contribution in [3.8, 4) is 5.75 Å². The van der Waals surface area contributed by atoms with Gasteiger partial charge in [0, 0.05) is 10.7 Å². The first-order chi connectivity index (χ1) is 12.6. The number of benzene rings is 2. The molecule has 0 radical (unpaired) electrons. The Labute approximate surface area is 169 Å². The molecule has 0 heterocycles. The molecule has 0 aliphatic rings. The normalized spacial score (nSPS) is 12.4. The third-order valence-corrected chi connectivity index (χ3v) is 5.95. The second kappa shape index (κ2) is 8.37. The zero-order chi connectivity index (χ0) is 20.4. The van der Waals surface area contributed by atoms with Crippen molar-refractivity contribution in [1.29, 1.82) is 0 Å². The maximum atomic E-state index is 12.7. The van der Waals surface area contributed by atoms with E-state index in [1.54, 1.807) is 31.2 Å². The lowest BCUT2D eigenvalue weighted by Crippen LogP contribution is -2.45. The first-order valence-electron chi connectivity index (χ1n) is 7.95. The Morgan fingerprint density at radius 2 is 1.85 bits per heavy atom. The minimum atomic E-state index is -3.76. The van der Waals surface area contributed by atoms with Crippen LogP contribution in [0.2, 0.25) is 10.0 Å². The average Bonchev–Trinajstić information content (AvgIpc) is 2.58. The van der Waals surface area contributed by atoms with E-state index in [-0.39, 0.29) is 10.7 Å². The summed E-state index contributed by atoms with van der Waals surface area (Å²) < 4.78 is 30.8. The zero-order valence-corrected chi connectivity index (χ0v) is 17.6. The van der Waals surface area contributed by atoms with Gasteiger partial charge in [-0.2, -0.15) is 0 Å². The molecule has 2 rings (SSSR count). The van der Waals surface area contributed by atoms with Crippen LogP contribution < -0.4 is 14.4 Å². The van der Waals surface area contributed by atoms with Crippen LogP contribution in [-0.4, -0.2) is 33.7 Å². The van der Waals surface area contributed by atoms with Gasteiger partial charge in [-0.15, -0.1) is 0 Å². The molecule has 0 aromatic heterocycles. The molecule has 0 fully saturated rings. The third-order valence-electron chi connectivity index (χ3n) is 4.00. The minimum Gasteiger partial charge on any atom is -0.495 e. The third kappa shape index (κ3) is 4.86. The molecule has 146 valence electrons. The molecule has 0 spiro atoms. The lowest BCUT2D eigenvalue weighted by Gasteiger charge is -2.28. The number of hydrogen-bond donors (Lipinski definition) is 1. The molecule has 1 amide bonds. The largest absolute Gasteiger partial charge is 0.495 e. The van der Waals surface area contributed by atoms with Gasteiger partial charge in [0.05, 0.1) is 24.1 Å². The molecule has 9 heteroatoms. The highest BCUT2D eigenvalue weighted by atomic mass is 35.5. The fraction of sp³-hybridized carbons (Fsp3) is 0.278. The number of carbonyl (C=O) groups excluding carboxylic acids is 1. The molecule has 0 saturated heterocycles. The van der Waals surface area contributed by atoms with E-state index in [0.717, 1.165) is 10.6 Å². The van der Waals surface area contributed by atoms with Crippen molar-refractivity contribution in [2.24, 2.45) is 0 Å². The van der Waals surface area contributed by atoms with Crippen LogP contribution in [0.3, 0.4) is 0 Å². The van der Waals surface area contributed by atoms with E-state index in [4.69, 9.17) is 27.9 Å². The molecule has 1 atom stereocenters. The van der Waals surface area contributed by atoms with E-state index in [2.05, 4.69) is 5.32 Å². The maximum absolute atomic E-state index is 12.7. The molecule has 6 nitrogen and oxygen atoms in total. The van der Waals surface area contributed by atoms with Crippen LogP contribution in [0.1, 0.15) is 12.5 Å².